The predicted octanol–water partition coefficient (Wildman–Crippen LogP) is 2.53. The van der Waals surface area contributed by atoms with E-state index in [1.54, 1.807) is 0 Å². The van der Waals surface area contributed by atoms with Crippen LogP contribution in [0.2, 0.25) is 0 Å². The Morgan fingerprint density at radius 2 is 1.81 bits per heavy atom. The molecule has 0 spiro atoms. The third kappa shape index (κ3) is 5.45. The Morgan fingerprint density at radius 1 is 1.12 bits per heavy atom. The summed E-state index contributed by atoms with van der Waals surface area (Å²) in [6.45, 7) is 3.31. The predicted molar refractivity (Wildman–Crippen MR) is 105 cm³/mol. The molecule has 0 aromatic heterocycles. The second-order valence-corrected chi connectivity index (χ2v) is 9.32. The van der Waals surface area contributed by atoms with Crippen molar-refractivity contribution in [2.75, 3.05) is 43.9 Å². The van der Waals surface area contributed by atoms with Crippen LogP contribution in [0.15, 0.2) is 35.3 Å². The zero-order valence-electron chi connectivity index (χ0n) is 15.3. The smallest absolute Gasteiger partial charge is 0.198 e. The number of piperidine rings is 1. The number of guanidine groups is 1. The molecule has 1 aromatic rings. The van der Waals surface area contributed by atoms with Gasteiger partial charge in [-0.15, -0.1) is 0 Å². The van der Waals surface area contributed by atoms with E-state index in [0.29, 0.717) is 32.6 Å². The van der Waals surface area contributed by atoms with Gasteiger partial charge in [-0.05, 0) is 44.2 Å². The lowest BCUT2D eigenvalue weighted by atomic mass is 10.1. The Balaban J connectivity index is 1.65. The number of para-hydroxylation sites is 1. The minimum atomic E-state index is -3.12. The van der Waals surface area contributed by atoms with Crippen LogP contribution in [0.4, 0.5) is 5.69 Å². The summed E-state index contributed by atoms with van der Waals surface area (Å²) in [6.07, 6.45) is 4.75. The molecule has 0 saturated carbocycles. The van der Waals surface area contributed by atoms with Gasteiger partial charge in [0.05, 0.1) is 17.5 Å². The van der Waals surface area contributed by atoms with Gasteiger partial charge < -0.3 is 15.0 Å². The molecule has 0 amide bonds. The minimum absolute atomic E-state index is 0.103. The van der Waals surface area contributed by atoms with Crippen LogP contribution in [0.5, 0.6) is 0 Å². The van der Waals surface area contributed by atoms with Crippen molar-refractivity contribution < 1.29 is 13.2 Å². The first-order chi connectivity index (χ1) is 12.6. The lowest BCUT2D eigenvalue weighted by Gasteiger charge is -2.30. The first kappa shape index (κ1) is 19.2. The quantitative estimate of drug-likeness (QED) is 0.629. The van der Waals surface area contributed by atoms with E-state index in [9.17, 15) is 8.42 Å². The summed E-state index contributed by atoms with van der Waals surface area (Å²) in [5.74, 6) is 0.893. The average Bonchev–Trinajstić information content (AvgIpc) is 2.69. The summed E-state index contributed by atoms with van der Waals surface area (Å²) in [7, 11) is -3.12. The topological polar surface area (TPSA) is 71.0 Å². The fourth-order valence-corrected chi connectivity index (χ4v) is 5.05. The maximum absolute atomic E-state index is 12.5. The van der Waals surface area contributed by atoms with Gasteiger partial charge in [0.25, 0.3) is 0 Å². The van der Waals surface area contributed by atoms with Gasteiger partial charge >= 0.3 is 0 Å². The Morgan fingerprint density at radius 3 is 2.50 bits per heavy atom. The van der Waals surface area contributed by atoms with Crippen molar-refractivity contribution in [3.8, 4) is 0 Å². The van der Waals surface area contributed by atoms with E-state index in [4.69, 9.17) is 4.74 Å². The zero-order chi connectivity index (χ0) is 18.2. The molecule has 2 fully saturated rings. The fraction of sp³-hybridized carbons (Fsp3) is 0.632. The van der Waals surface area contributed by atoms with Gasteiger partial charge in [-0.3, -0.25) is 4.99 Å². The number of likely N-dealkylation sites (tertiary alicyclic amines) is 1. The molecule has 2 heterocycles. The molecule has 1 aromatic carbocycles. The third-order valence-corrected chi connectivity index (χ3v) is 7.24. The molecule has 26 heavy (non-hydrogen) atoms. The highest BCUT2D eigenvalue weighted by atomic mass is 32.2. The Kier molecular flexibility index (Phi) is 6.91. The van der Waals surface area contributed by atoms with Crippen molar-refractivity contribution >= 4 is 21.5 Å². The van der Waals surface area contributed by atoms with E-state index >= 15 is 0 Å². The van der Waals surface area contributed by atoms with Crippen molar-refractivity contribution in [2.24, 2.45) is 4.99 Å². The molecule has 2 aliphatic heterocycles. The molecule has 7 heteroatoms. The van der Waals surface area contributed by atoms with Crippen LogP contribution in [0.25, 0.3) is 0 Å². The molecule has 1 N–H and O–H groups in total. The Hall–Kier alpha value is -1.60. The summed E-state index contributed by atoms with van der Waals surface area (Å²) in [6, 6.07) is 9.93. The molecular formula is C19H29N3O3S. The van der Waals surface area contributed by atoms with Gasteiger partial charge in [-0.2, -0.15) is 0 Å². The normalized spacial score (nSPS) is 20.2. The lowest BCUT2D eigenvalue weighted by molar-refractivity contribution is 0.0984. The van der Waals surface area contributed by atoms with Crippen LogP contribution in [0, 0.1) is 0 Å². The Labute approximate surface area is 156 Å². The summed E-state index contributed by atoms with van der Waals surface area (Å²) >= 11 is 0. The zero-order valence-corrected chi connectivity index (χ0v) is 16.1. The Bertz CT molecular complexity index is 679. The standard InChI is InChI=1S/C19H29N3O3S/c23-26(24,18-9-14-25-15-10-18)16-11-20-19(22-12-5-2-6-13-22)21-17-7-3-1-4-8-17/h1,3-4,7-8,18H,2,5-6,9-16H2,(H,20,21). The number of sulfone groups is 1. The molecule has 144 valence electrons. The van der Waals surface area contributed by atoms with E-state index in [-0.39, 0.29) is 11.0 Å². The van der Waals surface area contributed by atoms with E-state index in [1.165, 1.54) is 6.42 Å². The highest BCUT2D eigenvalue weighted by Gasteiger charge is 2.27. The van der Waals surface area contributed by atoms with Crippen LogP contribution in [-0.2, 0) is 14.6 Å². The van der Waals surface area contributed by atoms with Gasteiger partial charge in [0, 0.05) is 32.0 Å². The van der Waals surface area contributed by atoms with Crippen molar-refractivity contribution in [2.45, 2.75) is 37.4 Å². The summed E-state index contributed by atoms with van der Waals surface area (Å²) in [5.41, 5.74) is 0.976. The summed E-state index contributed by atoms with van der Waals surface area (Å²) in [5, 5.41) is 3.10. The largest absolute Gasteiger partial charge is 0.381 e. The molecule has 2 aliphatic rings. The minimum Gasteiger partial charge on any atom is -0.381 e. The van der Waals surface area contributed by atoms with Crippen molar-refractivity contribution in [3.05, 3.63) is 30.3 Å². The first-order valence-corrected chi connectivity index (χ1v) is 11.3. The van der Waals surface area contributed by atoms with Crippen molar-refractivity contribution in [1.29, 1.82) is 0 Å². The van der Waals surface area contributed by atoms with Gasteiger partial charge in [0.1, 0.15) is 0 Å². The molecule has 3 rings (SSSR count). The van der Waals surface area contributed by atoms with E-state index < -0.39 is 9.84 Å². The number of aliphatic imine (C=N–C) groups is 1. The van der Waals surface area contributed by atoms with Gasteiger partial charge in [-0.25, -0.2) is 8.42 Å². The number of benzene rings is 1. The molecule has 6 nitrogen and oxygen atoms in total. The van der Waals surface area contributed by atoms with Crippen LogP contribution in [0.3, 0.4) is 0 Å². The average molecular weight is 380 g/mol. The van der Waals surface area contributed by atoms with E-state index in [1.807, 2.05) is 30.3 Å². The monoisotopic (exact) mass is 379 g/mol. The second kappa shape index (κ2) is 9.37. The fourth-order valence-electron chi connectivity index (χ4n) is 3.46. The highest BCUT2D eigenvalue weighted by Crippen LogP contribution is 2.17. The molecule has 0 atom stereocenters. The highest BCUT2D eigenvalue weighted by molar-refractivity contribution is 7.92. The van der Waals surface area contributed by atoms with E-state index in [0.717, 1.165) is 37.6 Å². The van der Waals surface area contributed by atoms with Gasteiger partial charge in [0.15, 0.2) is 15.8 Å². The number of hydrogen-bond donors (Lipinski definition) is 1. The second-order valence-electron chi connectivity index (χ2n) is 6.92. The van der Waals surface area contributed by atoms with Crippen molar-refractivity contribution in [3.63, 3.8) is 0 Å². The summed E-state index contributed by atoms with van der Waals surface area (Å²) in [4.78, 5) is 6.88. The van der Waals surface area contributed by atoms with E-state index in [2.05, 4.69) is 15.2 Å². The third-order valence-electron chi connectivity index (χ3n) is 5.00. The van der Waals surface area contributed by atoms with Gasteiger partial charge in [0.2, 0.25) is 0 Å². The maximum Gasteiger partial charge on any atom is 0.198 e. The number of nitrogens with one attached hydrogen (secondary N) is 1. The van der Waals surface area contributed by atoms with Crippen molar-refractivity contribution in [1.82, 2.24) is 4.90 Å². The number of nitrogens with zero attached hydrogens (tertiary/aromatic N) is 2. The van der Waals surface area contributed by atoms with Crippen LogP contribution < -0.4 is 5.32 Å². The lowest BCUT2D eigenvalue weighted by Crippen LogP contribution is -2.40. The number of rotatable bonds is 5. The number of hydrogen-bond acceptors (Lipinski definition) is 4. The van der Waals surface area contributed by atoms with Crippen LogP contribution >= 0.6 is 0 Å². The molecule has 0 unspecified atom stereocenters. The number of ether oxygens (including phenoxy) is 1. The van der Waals surface area contributed by atoms with Crippen LogP contribution in [0.1, 0.15) is 32.1 Å². The van der Waals surface area contributed by atoms with Crippen LogP contribution in [-0.4, -0.2) is 63.1 Å². The molecule has 0 radical (unpaired) electrons. The molecule has 0 aliphatic carbocycles. The molecule has 2 saturated heterocycles. The SMILES string of the molecule is O=S(=O)(CCN=C(Nc1ccccc1)N1CCCCC1)C1CCOCC1. The summed E-state index contributed by atoms with van der Waals surface area (Å²) < 4.78 is 30.4. The molecular weight excluding hydrogens is 350 g/mol. The first-order valence-electron chi connectivity index (χ1n) is 9.56. The maximum atomic E-state index is 12.5. The molecule has 0 bridgehead atoms. The number of anilines is 1. The van der Waals surface area contributed by atoms with Gasteiger partial charge in [-0.1, -0.05) is 18.2 Å².